The van der Waals surface area contributed by atoms with Crippen molar-refractivity contribution in [1.82, 2.24) is 19.9 Å². The van der Waals surface area contributed by atoms with Crippen LogP contribution in [-0.4, -0.2) is 87.8 Å². The van der Waals surface area contributed by atoms with Crippen LogP contribution in [0.15, 0.2) is 18.5 Å². The maximum atomic E-state index is 12.1. The van der Waals surface area contributed by atoms with Gasteiger partial charge >= 0.3 is 6.09 Å². The number of carbonyl (C=O) groups is 1. The molecule has 12 nitrogen and oxygen atoms in total. The van der Waals surface area contributed by atoms with Crippen molar-refractivity contribution in [2.24, 2.45) is 0 Å². The Balaban J connectivity index is 1.64. The van der Waals surface area contributed by atoms with Crippen LogP contribution in [-0.2, 0) is 4.74 Å². The summed E-state index contributed by atoms with van der Waals surface area (Å²) < 4.78 is 16.9. The predicted octanol–water partition coefficient (Wildman–Crippen LogP) is 2.09. The number of pyridine rings is 1. The minimum absolute atomic E-state index is 0.127. The summed E-state index contributed by atoms with van der Waals surface area (Å²) in [6.07, 6.45) is 1.23. The third-order valence-corrected chi connectivity index (χ3v) is 5.36. The highest BCUT2D eigenvalue weighted by Gasteiger charge is 2.27. The highest BCUT2D eigenvalue weighted by Crippen LogP contribution is 2.35. The number of nitrogens with one attached hydrogen (secondary N) is 2. The lowest BCUT2D eigenvalue weighted by atomic mass is 10.1. The first-order valence-corrected chi connectivity index (χ1v) is 11.6. The quantitative estimate of drug-likeness (QED) is 0.387. The van der Waals surface area contributed by atoms with Crippen molar-refractivity contribution >= 4 is 23.4 Å². The van der Waals surface area contributed by atoms with Crippen LogP contribution < -0.4 is 20.1 Å². The van der Waals surface area contributed by atoms with E-state index in [2.05, 4.69) is 25.6 Å². The van der Waals surface area contributed by atoms with E-state index >= 15 is 0 Å². The number of nitrogens with zero attached hydrogens (tertiary/aromatic N) is 4. The SMILES string of the molecule is COc1c(Nc2ccc(NCC(O)CO)nc2C)ncnc1OC1CCN(C(=O)OC(C)C)CC1. The van der Waals surface area contributed by atoms with E-state index in [0.29, 0.717) is 60.6 Å². The van der Waals surface area contributed by atoms with Gasteiger partial charge in [-0.25, -0.2) is 14.8 Å². The summed E-state index contributed by atoms with van der Waals surface area (Å²) in [6, 6.07) is 3.58. The number of piperidine rings is 1. The van der Waals surface area contributed by atoms with Crippen molar-refractivity contribution in [2.75, 3.05) is 44.0 Å². The molecule has 3 heterocycles. The lowest BCUT2D eigenvalue weighted by Crippen LogP contribution is -2.42. The van der Waals surface area contributed by atoms with E-state index in [1.807, 2.05) is 26.8 Å². The molecule has 1 unspecified atom stereocenters. The molecule has 2 aromatic rings. The summed E-state index contributed by atoms with van der Waals surface area (Å²) in [5.74, 6) is 1.68. The monoisotopic (exact) mass is 490 g/mol. The van der Waals surface area contributed by atoms with E-state index in [4.69, 9.17) is 19.3 Å². The maximum Gasteiger partial charge on any atom is 0.410 e. The summed E-state index contributed by atoms with van der Waals surface area (Å²) >= 11 is 0. The van der Waals surface area contributed by atoms with Crippen LogP contribution in [0.5, 0.6) is 11.6 Å². The van der Waals surface area contributed by atoms with E-state index in [1.54, 1.807) is 11.0 Å². The van der Waals surface area contributed by atoms with Gasteiger partial charge in [0.1, 0.15) is 18.2 Å². The van der Waals surface area contributed by atoms with E-state index in [1.165, 1.54) is 13.4 Å². The molecule has 1 aliphatic rings. The zero-order valence-electron chi connectivity index (χ0n) is 20.5. The van der Waals surface area contributed by atoms with Gasteiger partial charge in [-0.2, -0.15) is 4.98 Å². The van der Waals surface area contributed by atoms with E-state index in [9.17, 15) is 9.90 Å². The molecular formula is C23H34N6O6. The molecule has 1 amide bonds. The van der Waals surface area contributed by atoms with E-state index in [0.717, 1.165) is 0 Å². The lowest BCUT2D eigenvalue weighted by molar-refractivity contribution is 0.0500. The van der Waals surface area contributed by atoms with E-state index < -0.39 is 6.10 Å². The Morgan fingerprint density at radius 1 is 1.26 bits per heavy atom. The van der Waals surface area contributed by atoms with E-state index in [-0.39, 0.29) is 31.5 Å². The molecule has 12 heteroatoms. The van der Waals surface area contributed by atoms with Crippen LogP contribution in [0.1, 0.15) is 32.4 Å². The van der Waals surface area contributed by atoms with Gasteiger partial charge in [0, 0.05) is 32.5 Å². The number of methoxy groups -OCH3 is 1. The Morgan fingerprint density at radius 3 is 2.63 bits per heavy atom. The normalized spacial score (nSPS) is 15.0. The minimum Gasteiger partial charge on any atom is -0.489 e. The molecule has 0 bridgehead atoms. The number of aromatic nitrogens is 3. The van der Waals surface area contributed by atoms with Crippen LogP contribution in [0.2, 0.25) is 0 Å². The van der Waals surface area contributed by atoms with Crippen LogP contribution in [0.3, 0.4) is 0 Å². The molecule has 1 fully saturated rings. The van der Waals surface area contributed by atoms with Crippen LogP contribution in [0, 0.1) is 6.92 Å². The number of carbonyl (C=O) groups excluding carboxylic acids is 1. The summed E-state index contributed by atoms with van der Waals surface area (Å²) in [4.78, 5) is 26.8. The summed E-state index contributed by atoms with van der Waals surface area (Å²) in [6.45, 7) is 6.42. The smallest absolute Gasteiger partial charge is 0.410 e. The Labute approximate surface area is 204 Å². The van der Waals surface area contributed by atoms with Crippen LogP contribution >= 0.6 is 0 Å². The van der Waals surface area contributed by atoms with Gasteiger partial charge in [-0.15, -0.1) is 0 Å². The largest absolute Gasteiger partial charge is 0.489 e. The Morgan fingerprint density at radius 2 is 2.00 bits per heavy atom. The van der Waals surface area contributed by atoms with Gasteiger partial charge < -0.3 is 40.0 Å². The fourth-order valence-corrected chi connectivity index (χ4v) is 3.51. The Hall–Kier alpha value is -3.38. The average Bonchev–Trinajstić information content (AvgIpc) is 2.84. The molecule has 0 aliphatic carbocycles. The molecule has 3 rings (SSSR count). The molecule has 35 heavy (non-hydrogen) atoms. The fourth-order valence-electron chi connectivity index (χ4n) is 3.51. The number of hydrogen-bond acceptors (Lipinski definition) is 11. The lowest BCUT2D eigenvalue weighted by Gasteiger charge is -2.31. The third-order valence-electron chi connectivity index (χ3n) is 5.36. The summed E-state index contributed by atoms with van der Waals surface area (Å²) in [5, 5.41) is 24.6. The molecule has 1 aliphatic heterocycles. The topological polar surface area (TPSA) is 151 Å². The highest BCUT2D eigenvalue weighted by molar-refractivity contribution is 5.68. The molecule has 0 aromatic carbocycles. The molecule has 2 aromatic heterocycles. The first-order chi connectivity index (χ1) is 16.8. The number of amides is 1. The third kappa shape index (κ3) is 7.30. The number of aliphatic hydroxyl groups excluding tert-OH is 2. The van der Waals surface area contributed by atoms with Gasteiger partial charge in [-0.05, 0) is 32.9 Å². The van der Waals surface area contributed by atoms with Crippen molar-refractivity contribution in [3.05, 3.63) is 24.2 Å². The summed E-state index contributed by atoms with van der Waals surface area (Å²) in [5.41, 5.74) is 1.40. The number of ether oxygens (including phenoxy) is 3. The van der Waals surface area contributed by atoms with Crippen LogP contribution in [0.4, 0.5) is 22.1 Å². The predicted molar refractivity (Wildman–Crippen MR) is 129 cm³/mol. The van der Waals surface area contributed by atoms with Crippen molar-refractivity contribution < 1.29 is 29.2 Å². The first kappa shape index (κ1) is 26.2. The minimum atomic E-state index is -0.861. The zero-order chi connectivity index (χ0) is 25.4. The molecule has 4 N–H and O–H groups in total. The summed E-state index contributed by atoms with van der Waals surface area (Å²) in [7, 11) is 1.52. The standard InChI is InChI=1S/C23H34N6O6/c1-14(2)34-23(32)29-9-7-17(8-10-29)35-22-20(33-4)21(25-13-26-22)28-18-5-6-19(27-15(18)3)24-11-16(31)12-30/h5-6,13-14,16-17,30-31H,7-12H2,1-4H3,(H,24,27)(H,25,26,28). The number of aliphatic hydroxyl groups is 2. The van der Waals surface area contributed by atoms with Gasteiger partial charge in [0.25, 0.3) is 5.88 Å². The van der Waals surface area contributed by atoms with Gasteiger partial charge in [-0.3, -0.25) is 0 Å². The molecule has 192 valence electrons. The van der Waals surface area contributed by atoms with Gasteiger partial charge in [0.2, 0.25) is 5.75 Å². The highest BCUT2D eigenvalue weighted by atomic mass is 16.6. The van der Waals surface area contributed by atoms with Crippen LogP contribution in [0.25, 0.3) is 0 Å². The average molecular weight is 491 g/mol. The fraction of sp³-hybridized carbons (Fsp3) is 0.565. The van der Waals surface area contributed by atoms with Gasteiger partial charge in [0.05, 0.1) is 37.3 Å². The molecule has 0 radical (unpaired) electrons. The number of anilines is 3. The molecular weight excluding hydrogens is 456 g/mol. The van der Waals surface area contributed by atoms with Crippen molar-refractivity contribution in [1.29, 1.82) is 0 Å². The second-order valence-corrected chi connectivity index (χ2v) is 8.47. The first-order valence-electron chi connectivity index (χ1n) is 11.6. The molecule has 0 spiro atoms. The molecule has 0 saturated carbocycles. The Kier molecular flexibility index (Phi) is 9.26. The van der Waals surface area contributed by atoms with Crippen molar-refractivity contribution in [3.63, 3.8) is 0 Å². The second kappa shape index (κ2) is 12.4. The number of hydrogen-bond donors (Lipinski definition) is 4. The molecule has 1 saturated heterocycles. The van der Waals surface area contributed by atoms with Gasteiger partial charge in [0.15, 0.2) is 5.82 Å². The van der Waals surface area contributed by atoms with Gasteiger partial charge in [-0.1, -0.05) is 0 Å². The second-order valence-electron chi connectivity index (χ2n) is 8.47. The van der Waals surface area contributed by atoms with Crippen molar-refractivity contribution in [2.45, 2.75) is 51.9 Å². The number of aryl methyl sites for hydroxylation is 1. The number of rotatable bonds is 10. The zero-order valence-corrected chi connectivity index (χ0v) is 20.5. The van der Waals surface area contributed by atoms with Crippen molar-refractivity contribution in [3.8, 4) is 11.6 Å². The number of likely N-dealkylation sites (tertiary alicyclic amines) is 1. The maximum absolute atomic E-state index is 12.1. The molecule has 1 atom stereocenters. The Bertz CT molecular complexity index is 983.